The summed E-state index contributed by atoms with van der Waals surface area (Å²) in [5, 5.41) is 24.4. The van der Waals surface area contributed by atoms with Crippen LogP contribution in [0.1, 0.15) is 78.8 Å². The minimum Gasteiger partial charge on any atom is -0.459 e. The van der Waals surface area contributed by atoms with Gasteiger partial charge in [-0.1, -0.05) is 60.5 Å². The Kier molecular flexibility index (Phi) is 15.1. The number of allylic oxidation sites excluding steroid dienone is 1. The topological polar surface area (TPSA) is 136 Å². The first-order valence-electron chi connectivity index (χ1n) is 20.4. The number of nitrogens with zero attached hydrogens (tertiary/aromatic N) is 2. The van der Waals surface area contributed by atoms with E-state index < -0.39 is 29.7 Å². The molecule has 314 valence electrons. The average Bonchev–Trinajstić information content (AvgIpc) is 3.24. The molecule has 1 saturated carbocycles. The molecule has 6 rings (SSSR count). The predicted molar refractivity (Wildman–Crippen MR) is 222 cm³/mol. The van der Waals surface area contributed by atoms with Crippen LogP contribution in [0.5, 0.6) is 17.2 Å². The van der Waals surface area contributed by atoms with Gasteiger partial charge in [0.05, 0.1) is 24.8 Å². The lowest BCUT2D eigenvalue weighted by Gasteiger charge is -2.59. The maximum atomic E-state index is 14.4. The minimum absolute atomic E-state index is 0.00961. The molecule has 6 atom stereocenters. The van der Waals surface area contributed by atoms with Gasteiger partial charge in [0, 0.05) is 43.2 Å². The Bertz CT molecular complexity index is 1980. The smallest absolute Gasteiger partial charge is 0.410 e. The zero-order valence-corrected chi connectivity index (χ0v) is 33.7. The summed E-state index contributed by atoms with van der Waals surface area (Å²) < 4.78 is 40.7. The highest BCUT2D eigenvalue weighted by Crippen LogP contribution is 2.62. The van der Waals surface area contributed by atoms with E-state index in [4.69, 9.17) is 23.8 Å². The van der Waals surface area contributed by atoms with Crippen molar-refractivity contribution in [2.24, 2.45) is 22.9 Å². The lowest BCUT2D eigenvalue weighted by atomic mass is 9.55. The standard InChI is InChI=1S/C47H55FN2O9/c1-4-6-25-56-46(54)50(30-32-16-18-35(48)19-17-32)43-29-41(49-55-3)39-27-34(13-7-9-22-51)38(15-8-10-23-52)44-40-28-37(58-36-14-11-12-33(26-36)31-53)20-21-42(40)59-47(43,45(39)44)57-24-5-2/h4-5,11-12,14,16-21,26-28,31,34,38,43-45,51-52H,1-2,6-10,13,15,22-25,29-30H2,3H3. The molecule has 11 nitrogen and oxygen atoms in total. The van der Waals surface area contributed by atoms with Crippen molar-refractivity contribution >= 4 is 18.1 Å². The summed E-state index contributed by atoms with van der Waals surface area (Å²) in [7, 11) is 1.49. The largest absolute Gasteiger partial charge is 0.459 e. The van der Waals surface area contributed by atoms with Crippen LogP contribution in [-0.4, -0.2) is 78.6 Å². The van der Waals surface area contributed by atoms with E-state index in [-0.39, 0.29) is 57.1 Å². The molecule has 1 heterocycles. The van der Waals surface area contributed by atoms with Gasteiger partial charge in [0.1, 0.15) is 42.5 Å². The van der Waals surface area contributed by atoms with Gasteiger partial charge < -0.3 is 34.0 Å². The number of hydrogen-bond acceptors (Lipinski definition) is 10. The second kappa shape index (κ2) is 20.6. The van der Waals surface area contributed by atoms with Crippen molar-refractivity contribution in [3.8, 4) is 17.2 Å². The van der Waals surface area contributed by atoms with Crippen molar-refractivity contribution in [2.75, 3.05) is 33.5 Å². The van der Waals surface area contributed by atoms with E-state index >= 15 is 0 Å². The van der Waals surface area contributed by atoms with E-state index in [9.17, 15) is 24.2 Å². The molecule has 0 aromatic heterocycles. The fraction of sp³-hybridized carbons (Fsp3) is 0.426. The number of fused-ring (bicyclic) bond motifs is 2. The van der Waals surface area contributed by atoms with Crippen LogP contribution in [0.3, 0.4) is 0 Å². The SMILES string of the molecule is C=CCCOC(=O)N(Cc1ccc(F)cc1)C1CC(=NOC)C2=CC(CCCCO)C(CCCCO)C3c4cc(Oc5cccc(C=O)c5)ccc4OC1(OCC=C)C23. The molecule has 59 heavy (non-hydrogen) atoms. The third-order valence-electron chi connectivity index (χ3n) is 11.5. The summed E-state index contributed by atoms with van der Waals surface area (Å²) in [6, 6.07) is 17.7. The van der Waals surface area contributed by atoms with Crippen LogP contribution in [0, 0.1) is 23.6 Å². The molecule has 1 fully saturated rings. The molecular weight excluding hydrogens is 756 g/mol. The Balaban J connectivity index is 1.58. The molecule has 0 saturated heterocycles. The van der Waals surface area contributed by atoms with Crippen LogP contribution >= 0.6 is 0 Å². The van der Waals surface area contributed by atoms with Gasteiger partial charge in [-0.05, 0) is 97.5 Å². The Morgan fingerprint density at radius 1 is 1.00 bits per heavy atom. The second-order valence-corrected chi connectivity index (χ2v) is 15.2. The van der Waals surface area contributed by atoms with Crippen molar-refractivity contribution in [1.29, 1.82) is 0 Å². The molecule has 0 radical (unpaired) electrons. The van der Waals surface area contributed by atoms with Gasteiger partial charge in [0.25, 0.3) is 0 Å². The van der Waals surface area contributed by atoms with Crippen LogP contribution in [-0.2, 0) is 20.9 Å². The third-order valence-corrected chi connectivity index (χ3v) is 11.5. The van der Waals surface area contributed by atoms with E-state index in [1.54, 1.807) is 53.5 Å². The number of aliphatic hydroxyl groups is 2. The molecule has 6 unspecified atom stereocenters. The molecule has 3 aromatic rings. The molecule has 12 heteroatoms. The molecule has 2 aliphatic carbocycles. The first-order valence-corrected chi connectivity index (χ1v) is 20.4. The Morgan fingerprint density at radius 2 is 1.76 bits per heavy atom. The van der Waals surface area contributed by atoms with Gasteiger partial charge in [0.15, 0.2) is 0 Å². The summed E-state index contributed by atoms with van der Waals surface area (Å²) >= 11 is 0. The van der Waals surface area contributed by atoms with Crippen LogP contribution in [0.15, 0.2) is 109 Å². The average molecular weight is 811 g/mol. The van der Waals surface area contributed by atoms with Gasteiger partial charge >= 0.3 is 6.09 Å². The number of carbonyl (C=O) groups is 2. The number of ether oxygens (including phenoxy) is 4. The van der Waals surface area contributed by atoms with E-state index in [0.29, 0.717) is 53.3 Å². The highest BCUT2D eigenvalue weighted by atomic mass is 19.1. The van der Waals surface area contributed by atoms with E-state index in [0.717, 1.165) is 43.1 Å². The van der Waals surface area contributed by atoms with Gasteiger partial charge in [-0.15, -0.1) is 13.2 Å². The molecule has 1 amide bonds. The van der Waals surface area contributed by atoms with Crippen LogP contribution in [0.25, 0.3) is 0 Å². The zero-order valence-electron chi connectivity index (χ0n) is 33.7. The summed E-state index contributed by atoms with van der Waals surface area (Å²) in [4.78, 5) is 33.2. The minimum atomic E-state index is -1.52. The number of aldehydes is 1. The molecule has 0 spiro atoms. The number of halogens is 1. The van der Waals surface area contributed by atoms with Gasteiger partial charge in [0.2, 0.25) is 5.79 Å². The molecule has 3 aromatic carbocycles. The second-order valence-electron chi connectivity index (χ2n) is 15.2. The Morgan fingerprint density at radius 3 is 2.47 bits per heavy atom. The number of aliphatic hydroxyl groups excluding tert-OH is 2. The van der Waals surface area contributed by atoms with Crippen LogP contribution in [0.2, 0.25) is 0 Å². The number of hydrogen-bond donors (Lipinski definition) is 2. The highest BCUT2D eigenvalue weighted by molar-refractivity contribution is 6.03. The fourth-order valence-electron chi connectivity index (χ4n) is 9.01. The number of benzene rings is 3. The molecule has 1 aliphatic heterocycles. The monoisotopic (exact) mass is 810 g/mol. The van der Waals surface area contributed by atoms with Crippen LogP contribution < -0.4 is 9.47 Å². The summed E-state index contributed by atoms with van der Waals surface area (Å²) in [6.07, 6.45) is 10.7. The van der Waals surface area contributed by atoms with E-state index in [1.807, 2.05) is 18.2 Å². The number of unbranched alkanes of at least 4 members (excludes halogenated alkanes) is 2. The fourth-order valence-corrected chi connectivity index (χ4v) is 9.01. The first kappa shape index (κ1) is 43.3. The normalized spacial score (nSPS) is 23.5. The molecule has 0 bridgehead atoms. The lowest BCUT2D eigenvalue weighted by Crippen LogP contribution is -2.70. The Labute approximate surface area is 345 Å². The van der Waals surface area contributed by atoms with Gasteiger partial charge in [-0.2, -0.15) is 0 Å². The number of carbonyl (C=O) groups excluding carboxylic acids is 2. The lowest BCUT2D eigenvalue weighted by molar-refractivity contribution is -0.256. The van der Waals surface area contributed by atoms with Crippen molar-refractivity contribution < 1.29 is 48.0 Å². The number of oxime groups is 1. The predicted octanol–water partition coefficient (Wildman–Crippen LogP) is 8.91. The first-order chi connectivity index (χ1) is 28.8. The molecular formula is C47H55FN2O9. The third kappa shape index (κ3) is 9.78. The maximum absolute atomic E-state index is 14.4. The highest BCUT2D eigenvalue weighted by Gasteiger charge is 2.65. The van der Waals surface area contributed by atoms with Crippen LogP contribution in [0.4, 0.5) is 9.18 Å². The van der Waals surface area contributed by atoms with Crippen molar-refractivity contribution in [2.45, 2.75) is 75.7 Å². The maximum Gasteiger partial charge on any atom is 0.410 e. The van der Waals surface area contributed by atoms with Crippen molar-refractivity contribution in [3.05, 3.63) is 126 Å². The Hall–Kier alpha value is -5.30. The molecule has 3 aliphatic rings. The summed E-state index contributed by atoms with van der Waals surface area (Å²) in [5.74, 6) is -1.16. The van der Waals surface area contributed by atoms with Crippen molar-refractivity contribution in [1.82, 2.24) is 4.90 Å². The number of amides is 1. The van der Waals surface area contributed by atoms with E-state index in [2.05, 4.69) is 24.4 Å². The summed E-state index contributed by atoms with van der Waals surface area (Å²) in [5.41, 5.74) is 3.53. The zero-order chi connectivity index (χ0) is 41.8. The quantitative estimate of drug-likeness (QED) is 0.0468. The van der Waals surface area contributed by atoms with Gasteiger partial charge in [-0.3, -0.25) is 9.69 Å². The van der Waals surface area contributed by atoms with Gasteiger partial charge in [-0.25, -0.2) is 9.18 Å². The number of rotatable bonds is 21. The molecule has 2 N–H and O–H groups in total. The summed E-state index contributed by atoms with van der Waals surface area (Å²) in [6.45, 7) is 8.11. The van der Waals surface area contributed by atoms with E-state index in [1.165, 1.54) is 19.2 Å². The van der Waals surface area contributed by atoms with Crippen molar-refractivity contribution in [3.63, 3.8) is 0 Å².